The summed E-state index contributed by atoms with van der Waals surface area (Å²) in [7, 11) is 0. The number of carbonyl (C=O) groups excluding carboxylic acids is 1. The summed E-state index contributed by atoms with van der Waals surface area (Å²) in [5, 5.41) is 11.7. The molecule has 0 atom stereocenters. The Morgan fingerprint density at radius 3 is 2.52 bits per heavy atom. The van der Waals surface area contributed by atoms with Gasteiger partial charge < -0.3 is 5.32 Å². The maximum Gasteiger partial charge on any atom is 0.229 e. The molecular formula is C15H9ClF2N2O. The van der Waals surface area contributed by atoms with E-state index >= 15 is 0 Å². The first-order chi connectivity index (χ1) is 10.0. The van der Waals surface area contributed by atoms with Crippen LogP contribution in [-0.4, -0.2) is 5.91 Å². The van der Waals surface area contributed by atoms with E-state index in [1.165, 1.54) is 24.3 Å². The van der Waals surface area contributed by atoms with Crippen molar-refractivity contribution in [1.82, 2.24) is 0 Å². The van der Waals surface area contributed by atoms with E-state index in [1.54, 1.807) is 0 Å². The van der Waals surface area contributed by atoms with Crippen LogP contribution in [0.2, 0.25) is 5.02 Å². The Hall–Kier alpha value is -2.45. The van der Waals surface area contributed by atoms with E-state index < -0.39 is 24.0 Å². The molecule has 1 N–H and O–H groups in total. The van der Waals surface area contributed by atoms with Crippen molar-refractivity contribution < 1.29 is 13.6 Å². The van der Waals surface area contributed by atoms with Gasteiger partial charge in [0, 0.05) is 10.6 Å². The zero-order valence-corrected chi connectivity index (χ0v) is 11.4. The van der Waals surface area contributed by atoms with Gasteiger partial charge in [-0.25, -0.2) is 8.78 Å². The smallest absolute Gasteiger partial charge is 0.229 e. The van der Waals surface area contributed by atoms with Crippen molar-refractivity contribution in [2.24, 2.45) is 0 Å². The molecule has 2 rings (SSSR count). The number of hydrogen-bond donors (Lipinski definition) is 1. The van der Waals surface area contributed by atoms with Crippen LogP contribution in [0.15, 0.2) is 36.4 Å². The second kappa shape index (κ2) is 6.33. The first kappa shape index (κ1) is 14.9. The van der Waals surface area contributed by atoms with Crippen LogP contribution in [0.1, 0.15) is 11.1 Å². The third-order valence-corrected chi connectivity index (χ3v) is 3.01. The van der Waals surface area contributed by atoms with E-state index in [0.717, 1.165) is 12.1 Å². The molecule has 0 bridgehead atoms. The predicted molar refractivity (Wildman–Crippen MR) is 74.9 cm³/mol. The van der Waals surface area contributed by atoms with Gasteiger partial charge >= 0.3 is 0 Å². The maximum absolute atomic E-state index is 13.5. The van der Waals surface area contributed by atoms with Gasteiger partial charge in [0.25, 0.3) is 0 Å². The summed E-state index contributed by atoms with van der Waals surface area (Å²) in [5.41, 5.74) is 0.0871. The quantitative estimate of drug-likeness (QED) is 0.940. The molecule has 0 aliphatic heterocycles. The second-order valence-electron chi connectivity index (χ2n) is 4.23. The number of hydrogen-bond acceptors (Lipinski definition) is 2. The van der Waals surface area contributed by atoms with Crippen molar-refractivity contribution in [2.75, 3.05) is 5.32 Å². The topological polar surface area (TPSA) is 52.9 Å². The summed E-state index contributed by atoms with van der Waals surface area (Å²) in [6.07, 6.45) is -0.476. The van der Waals surface area contributed by atoms with Gasteiger partial charge in [0.2, 0.25) is 5.91 Å². The summed E-state index contributed by atoms with van der Waals surface area (Å²) >= 11 is 5.79. The van der Waals surface area contributed by atoms with E-state index in [0.29, 0.717) is 5.02 Å². The molecule has 0 unspecified atom stereocenters. The minimum absolute atomic E-state index is 0.201. The third-order valence-electron chi connectivity index (χ3n) is 2.78. The molecule has 3 nitrogen and oxygen atoms in total. The Balaban J connectivity index is 2.20. The molecule has 0 fully saturated rings. The van der Waals surface area contributed by atoms with Crippen LogP contribution in [0, 0.1) is 23.0 Å². The van der Waals surface area contributed by atoms with Crippen molar-refractivity contribution in [3.8, 4) is 6.07 Å². The van der Waals surface area contributed by atoms with E-state index in [-0.39, 0.29) is 16.8 Å². The van der Waals surface area contributed by atoms with Gasteiger partial charge in [-0.15, -0.1) is 0 Å². The van der Waals surface area contributed by atoms with Gasteiger partial charge in [-0.2, -0.15) is 5.26 Å². The van der Waals surface area contributed by atoms with Crippen molar-refractivity contribution in [2.45, 2.75) is 6.42 Å². The van der Waals surface area contributed by atoms with E-state index in [4.69, 9.17) is 16.9 Å². The lowest BCUT2D eigenvalue weighted by Gasteiger charge is -2.08. The lowest BCUT2D eigenvalue weighted by Crippen LogP contribution is -2.17. The molecule has 0 heterocycles. The SMILES string of the molecule is N#Cc1ccc(Cl)cc1NC(=O)Cc1c(F)cccc1F. The van der Waals surface area contributed by atoms with Gasteiger partial charge in [0.05, 0.1) is 17.7 Å². The molecular weight excluding hydrogens is 298 g/mol. The monoisotopic (exact) mass is 306 g/mol. The summed E-state index contributed by atoms with van der Waals surface area (Å²) in [5.74, 6) is -2.23. The first-order valence-corrected chi connectivity index (χ1v) is 6.31. The molecule has 0 aliphatic rings. The fourth-order valence-corrected chi connectivity index (χ4v) is 1.95. The number of anilines is 1. The van der Waals surface area contributed by atoms with E-state index in [1.807, 2.05) is 6.07 Å². The number of nitrogens with zero attached hydrogens (tertiary/aromatic N) is 1. The van der Waals surface area contributed by atoms with Crippen molar-refractivity contribution >= 4 is 23.2 Å². The Morgan fingerprint density at radius 1 is 1.24 bits per heavy atom. The van der Waals surface area contributed by atoms with Crippen LogP contribution in [0.25, 0.3) is 0 Å². The predicted octanol–water partition coefficient (Wildman–Crippen LogP) is 3.67. The highest BCUT2D eigenvalue weighted by Crippen LogP contribution is 2.21. The first-order valence-electron chi connectivity index (χ1n) is 5.93. The normalized spacial score (nSPS) is 10.0. The fraction of sp³-hybridized carbons (Fsp3) is 0.0667. The standard InChI is InChI=1S/C15H9ClF2N2O/c16-10-5-4-9(8-19)14(6-10)20-15(21)7-11-12(17)2-1-3-13(11)18/h1-6H,7H2,(H,20,21). The van der Waals surface area contributed by atoms with Gasteiger partial charge in [-0.1, -0.05) is 17.7 Å². The molecule has 0 saturated heterocycles. The number of amides is 1. The lowest BCUT2D eigenvalue weighted by atomic mass is 10.1. The molecule has 0 spiro atoms. The number of halogens is 3. The number of carbonyl (C=O) groups is 1. The Bertz CT molecular complexity index is 721. The number of nitriles is 1. The summed E-state index contributed by atoms with van der Waals surface area (Å²) in [6.45, 7) is 0. The van der Waals surface area contributed by atoms with Crippen LogP contribution in [0.3, 0.4) is 0 Å². The average molecular weight is 307 g/mol. The van der Waals surface area contributed by atoms with Gasteiger partial charge in [0.15, 0.2) is 0 Å². The Labute approximate surface area is 124 Å². The van der Waals surface area contributed by atoms with Gasteiger partial charge in [0.1, 0.15) is 17.7 Å². The molecule has 0 aliphatic carbocycles. The van der Waals surface area contributed by atoms with Gasteiger partial charge in [-0.3, -0.25) is 4.79 Å². The molecule has 0 radical (unpaired) electrons. The van der Waals surface area contributed by atoms with Crippen molar-refractivity contribution in [3.63, 3.8) is 0 Å². The maximum atomic E-state index is 13.5. The molecule has 0 saturated carbocycles. The average Bonchev–Trinajstić information content (AvgIpc) is 2.43. The molecule has 2 aromatic rings. The molecule has 6 heteroatoms. The zero-order chi connectivity index (χ0) is 15.4. The Morgan fingerprint density at radius 2 is 1.90 bits per heavy atom. The van der Waals surface area contributed by atoms with Crippen molar-refractivity contribution in [1.29, 1.82) is 5.26 Å². The number of benzene rings is 2. The molecule has 21 heavy (non-hydrogen) atoms. The molecule has 106 valence electrons. The number of rotatable bonds is 3. The summed E-state index contributed by atoms with van der Waals surface area (Å²) in [4.78, 5) is 11.9. The van der Waals surface area contributed by atoms with Crippen molar-refractivity contribution in [3.05, 3.63) is 64.2 Å². The number of nitrogens with one attached hydrogen (secondary N) is 1. The highest BCUT2D eigenvalue weighted by Gasteiger charge is 2.14. The molecule has 0 aromatic heterocycles. The summed E-state index contributed by atoms with van der Waals surface area (Å²) in [6, 6.07) is 9.61. The second-order valence-corrected chi connectivity index (χ2v) is 4.66. The molecule has 1 amide bonds. The summed E-state index contributed by atoms with van der Waals surface area (Å²) < 4.78 is 26.9. The van der Waals surface area contributed by atoms with Gasteiger partial charge in [-0.05, 0) is 30.3 Å². The van der Waals surface area contributed by atoms with Crippen LogP contribution < -0.4 is 5.32 Å². The van der Waals surface area contributed by atoms with Crippen LogP contribution >= 0.6 is 11.6 Å². The zero-order valence-electron chi connectivity index (χ0n) is 10.7. The third kappa shape index (κ3) is 3.56. The fourth-order valence-electron chi connectivity index (χ4n) is 1.77. The van der Waals surface area contributed by atoms with E-state index in [9.17, 15) is 13.6 Å². The Kier molecular flexibility index (Phi) is 4.51. The highest BCUT2D eigenvalue weighted by atomic mass is 35.5. The van der Waals surface area contributed by atoms with E-state index in [2.05, 4.69) is 5.32 Å². The molecule has 2 aromatic carbocycles. The van der Waals surface area contributed by atoms with Crippen LogP contribution in [0.4, 0.5) is 14.5 Å². The minimum Gasteiger partial charge on any atom is -0.325 e. The lowest BCUT2D eigenvalue weighted by molar-refractivity contribution is -0.115. The van der Waals surface area contributed by atoms with Crippen LogP contribution in [0.5, 0.6) is 0 Å². The van der Waals surface area contributed by atoms with Crippen LogP contribution in [-0.2, 0) is 11.2 Å². The minimum atomic E-state index is -0.795. The highest BCUT2D eigenvalue weighted by molar-refractivity contribution is 6.31. The largest absolute Gasteiger partial charge is 0.325 e.